The van der Waals surface area contributed by atoms with Crippen LogP contribution in [0.5, 0.6) is 0 Å². The molecule has 16 heavy (non-hydrogen) atoms. The van der Waals surface area contributed by atoms with Gasteiger partial charge in [0.15, 0.2) is 0 Å². The first-order valence-corrected chi connectivity index (χ1v) is 7.00. The summed E-state index contributed by atoms with van der Waals surface area (Å²) in [5.74, 6) is 0.725. The van der Waals surface area contributed by atoms with Gasteiger partial charge in [-0.2, -0.15) is 0 Å². The number of likely N-dealkylation sites (tertiary alicyclic amines) is 1. The maximum atomic E-state index is 12.3. The molecule has 0 bridgehead atoms. The lowest BCUT2D eigenvalue weighted by atomic mass is 10.0. The molecule has 4 heteroatoms. The first kappa shape index (κ1) is 12.0. The topological polar surface area (TPSA) is 20.3 Å². The van der Waals surface area contributed by atoms with Crippen molar-refractivity contribution in [2.75, 3.05) is 6.54 Å². The van der Waals surface area contributed by atoms with Crippen molar-refractivity contribution in [1.82, 2.24) is 4.90 Å². The van der Waals surface area contributed by atoms with Gasteiger partial charge in [-0.15, -0.1) is 24.0 Å². The molecule has 0 spiro atoms. The molecule has 0 radical (unpaired) electrons. The van der Waals surface area contributed by atoms with E-state index in [2.05, 4.69) is 26.5 Å². The summed E-state index contributed by atoms with van der Waals surface area (Å²) in [7, 11) is 0. The number of hydrogen-bond donors (Lipinski definition) is 1. The van der Waals surface area contributed by atoms with Crippen LogP contribution in [0.3, 0.4) is 0 Å². The Kier molecular flexibility index (Phi) is 3.60. The van der Waals surface area contributed by atoms with Crippen molar-refractivity contribution in [3.8, 4) is 0 Å². The Morgan fingerprint density at radius 2 is 2.38 bits per heavy atom. The number of amides is 1. The zero-order valence-corrected chi connectivity index (χ0v) is 11.4. The minimum atomic E-state index is 0.182. The number of carbonyl (C=O) groups is 1. The van der Waals surface area contributed by atoms with E-state index in [1.54, 1.807) is 0 Å². The van der Waals surface area contributed by atoms with E-state index in [0.717, 1.165) is 29.2 Å². The Hall–Kier alpha value is -0.480. The van der Waals surface area contributed by atoms with Crippen LogP contribution in [0.15, 0.2) is 16.3 Å². The molecule has 2 nitrogen and oxygen atoms in total. The van der Waals surface area contributed by atoms with Crippen molar-refractivity contribution < 1.29 is 4.79 Å². The van der Waals surface area contributed by atoms with Gasteiger partial charge in [-0.1, -0.05) is 13.8 Å². The molecule has 1 aliphatic rings. The Bertz CT molecular complexity index is 386. The Morgan fingerprint density at radius 1 is 1.62 bits per heavy atom. The van der Waals surface area contributed by atoms with Gasteiger partial charge in [0.1, 0.15) is 0 Å². The van der Waals surface area contributed by atoms with Crippen molar-refractivity contribution in [2.24, 2.45) is 5.92 Å². The highest BCUT2D eigenvalue weighted by Gasteiger charge is 2.31. The van der Waals surface area contributed by atoms with Gasteiger partial charge in [-0.3, -0.25) is 4.79 Å². The second kappa shape index (κ2) is 4.80. The third-order valence-corrected chi connectivity index (χ3v) is 4.48. The van der Waals surface area contributed by atoms with E-state index in [1.165, 1.54) is 11.3 Å². The average molecular weight is 255 g/mol. The predicted octanol–water partition coefficient (Wildman–Crippen LogP) is 3.30. The zero-order chi connectivity index (χ0) is 11.7. The van der Waals surface area contributed by atoms with Gasteiger partial charge in [-0.25, -0.2) is 0 Å². The number of rotatable bonds is 2. The molecule has 2 heterocycles. The lowest BCUT2D eigenvalue weighted by molar-refractivity contribution is 0.0706. The number of nitrogens with zero attached hydrogens (tertiary/aromatic N) is 1. The van der Waals surface area contributed by atoms with E-state index in [0.29, 0.717) is 12.0 Å². The molecule has 1 unspecified atom stereocenters. The molecule has 1 saturated heterocycles. The summed E-state index contributed by atoms with van der Waals surface area (Å²) >= 11 is 5.74. The SMILES string of the molecule is CC(C)C1CCCN1C(=O)c1cc(S)cs1. The second-order valence-electron chi connectivity index (χ2n) is 4.62. The van der Waals surface area contributed by atoms with E-state index in [1.807, 2.05) is 16.3 Å². The van der Waals surface area contributed by atoms with E-state index in [4.69, 9.17) is 0 Å². The fourth-order valence-electron chi connectivity index (χ4n) is 2.32. The van der Waals surface area contributed by atoms with Crippen LogP contribution in [0.4, 0.5) is 0 Å². The highest BCUT2D eigenvalue weighted by molar-refractivity contribution is 7.80. The minimum Gasteiger partial charge on any atom is -0.335 e. The fraction of sp³-hybridized carbons (Fsp3) is 0.583. The molecule has 0 N–H and O–H groups in total. The lowest BCUT2D eigenvalue weighted by Gasteiger charge is -2.27. The maximum Gasteiger partial charge on any atom is 0.264 e. The number of thiol groups is 1. The van der Waals surface area contributed by atoms with Gasteiger partial charge in [0, 0.05) is 22.9 Å². The molecule has 0 saturated carbocycles. The smallest absolute Gasteiger partial charge is 0.264 e. The monoisotopic (exact) mass is 255 g/mol. The summed E-state index contributed by atoms with van der Waals surface area (Å²) in [6.07, 6.45) is 2.27. The molecule has 1 aromatic heterocycles. The van der Waals surface area contributed by atoms with Gasteiger partial charge in [-0.05, 0) is 24.8 Å². The normalized spacial score (nSPS) is 20.8. The van der Waals surface area contributed by atoms with Crippen molar-refractivity contribution >= 4 is 29.9 Å². The molecule has 1 atom stereocenters. The van der Waals surface area contributed by atoms with Crippen LogP contribution in [-0.2, 0) is 0 Å². The molecular formula is C12H17NOS2. The number of carbonyl (C=O) groups excluding carboxylic acids is 1. The van der Waals surface area contributed by atoms with Crippen LogP contribution < -0.4 is 0 Å². The van der Waals surface area contributed by atoms with Crippen molar-refractivity contribution in [1.29, 1.82) is 0 Å². The van der Waals surface area contributed by atoms with Gasteiger partial charge in [0.2, 0.25) is 0 Å². The van der Waals surface area contributed by atoms with Gasteiger partial charge in [0.05, 0.1) is 4.88 Å². The summed E-state index contributed by atoms with van der Waals surface area (Å²) < 4.78 is 0. The number of thiophene rings is 1. The lowest BCUT2D eigenvalue weighted by Crippen LogP contribution is -2.38. The van der Waals surface area contributed by atoms with Crippen LogP contribution >= 0.6 is 24.0 Å². The maximum absolute atomic E-state index is 12.3. The van der Waals surface area contributed by atoms with E-state index in [-0.39, 0.29) is 5.91 Å². The first-order chi connectivity index (χ1) is 7.59. The van der Waals surface area contributed by atoms with Crippen molar-refractivity contribution in [2.45, 2.75) is 37.6 Å². The summed E-state index contributed by atoms with van der Waals surface area (Å²) in [5, 5.41) is 1.91. The third kappa shape index (κ3) is 2.28. The van der Waals surface area contributed by atoms with E-state index >= 15 is 0 Å². The summed E-state index contributed by atoms with van der Waals surface area (Å²) in [6, 6.07) is 2.28. The first-order valence-electron chi connectivity index (χ1n) is 5.68. The molecule has 88 valence electrons. The van der Waals surface area contributed by atoms with Gasteiger partial charge < -0.3 is 4.90 Å². The Labute approximate surface area is 106 Å². The predicted molar refractivity (Wildman–Crippen MR) is 70.5 cm³/mol. The molecule has 1 aromatic rings. The summed E-state index contributed by atoms with van der Waals surface area (Å²) in [5.41, 5.74) is 0. The summed E-state index contributed by atoms with van der Waals surface area (Å²) in [4.78, 5) is 16.0. The quantitative estimate of drug-likeness (QED) is 0.804. The van der Waals surface area contributed by atoms with E-state index in [9.17, 15) is 4.79 Å². The largest absolute Gasteiger partial charge is 0.335 e. The molecule has 0 aliphatic carbocycles. The van der Waals surface area contributed by atoms with Gasteiger partial charge >= 0.3 is 0 Å². The average Bonchev–Trinajstić information content (AvgIpc) is 2.84. The van der Waals surface area contributed by atoms with Crippen LogP contribution in [0.2, 0.25) is 0 Å². The molecule has 0 aromatic carbocycles. The molecular weight excluding hydrogens is 238 g/mol. The van der Waals surface area contributed by atoms with Crippen molar-refractivity contribution in [3.05, 3.63) is 16.3 Å². The fourth-order valence-corrected chi connectivity index (χ4v) is 3.42. The number of hydrogen-bond acceptors (Lipinski definition) is 3. The summed E-state index contributed by atoms with van der Waals surface area (Å²) in [6.45, 7) is 5.28. The Morgan fingerprint density at radius 3 is 2.94 bits per heavy atom. The van der Waals surface area contributed by atoms with Crippen LogP contribution in [0.1, 0.15) is 36.4 Å². The Balaban J connectivity index is 2.15. The standard InChI is InChI=1S/C12H17NOS2/c1-8(2)10-4-3-5-13(10)12(14)11-6-9(15)7-16-11/h6-8,10,15H,3-5H2,1-2H3. The second-order valence-corrected chi connectivity index (χ2v) is 6.05. The van der Waals surface area contributed by atoms with Crippen LogP contribution in [0, 0.1) is 5.92 Å². The molecule has 1 amide bonds. The highest BCUT2D eigenvalue weighted by Crippen LogP contribution is 2.27. The third-order valence-electron chi connectivity index (χ3n) is 3.13. The van der Waals surface area contributed by atoms with Crippen LogP contribution in [-0.4, -0.2) is 23.4 Å². The highest BCUT2D eigenvalue weighted by atomic mass is 32.1. The minimum absolute atomic E-state index is 0.182. The molecule has 1 fully saturated rings. The van der Waals surface area contributed by atoms with Gasteiger partial charge in [0.25, 0.3) is 5.91 Å². The van der Waals surface area contributed by atoms with Crippen molar-refractivity contribution in [3.63, 3.8) is 0 Å². The van der Waals surface area contributed by atoms with E-state index < -0.39 is 0 Å². The van der Waals surface area contributed by atoms with Crippen LogP contribution in [0.25, 0.3) is 0 Å². The molecule has 2 rings (SSSR count). The molecule has 1 aliphatic heterocycles. The zero-order valence-electron chi connectivity index (χ0n) is 9.64.